The third-order valence-corrected chi connectivity index (χ3v) is 3.34. The first kappa shape index (κ1) is 12.0. The summed E-state index contributed by atoms with van der Waals surface area (Å²) in [6.07, 6.45) is 4.81. The fourth-order valence-electron chi connectivity index (χ4n) is 2.11. The lowest BCUT2D eigenvalue weighted by Crippen LogP contribution is -2.42. The maximum Gasteiger partial charge on any atom is 0.168 e. The minimum absolute atomic E-state index is 0.0944. The van der Waals surface area contributed by atoms with Crippen LogP contribution in [0.4, 0.5) is 5.82 Å². The number of hydrogen-bond donors (Lipinski definition) is 1. The van der Waals surface area contributed by atoms with E-state index in [0.29, 0.717) is 18.8 Å². The van der Waals surface area contributed by atoms with Crippen molar-refractivity contribution in [3.8, 4) is 0 Å². The smallest absolute Gasteiger partial charge is 0.168 e. The Balaban J connectivity index is 2.08. The molecule has 1 aliphatic rings. The summed E-state index contributed by atoms with van der Waals surface area (Å²) in [7, 11) is 0. The molecule has 17 heavy (non-hydrogen) atoms. The highest BCUT2D eigenvalue weighted by atomic mass is 16.5. The van der Waals surface area contributed by atoms with Crippen molar-refractivity contribution in [2.24, 2.45) is 0 Å². The molecule has 1 aliphatic heterocycles. The lowest BCUT2D eigenvalue weighted by molar-refractivity contribution is -0.147. The summed E-state index contributed by atoms with van der Waals surface area (Å²) in [5.74, 6) is 0.525. The van der Waals surface area contributed by atoms with Gasteiger partial charge in [-0.15, -0.1) is 0 Å². The number of nitrogens with zero attached hydrogens (tertiary/aromatic N) is 1. The molecular formula is C13H18N2O2. The Kier molecular flexibility index (Phi) is 3.43. The van der Waals surface area contributed by atoms with Crippen LogP contribution in [0, 0.1) is 0 Å². The number of anilines is 1. The number of rotatable bonds is 3. The first-order valence-electron chi connectivity index (χ1n) is 5.98. The van der Waals surface area contributed by atoms with Crippen LogP contribution < -0.4 is 5.73 Å². The Morgan fingerprint density at radius 2 is 2.41 bits per heavy atom. The number of carbonyl (C=O) groups excluding carboxylic acids is 1. The molecule has 0 aliphatic carbocycles. The van der Waals surface area contributed by atoms with E-state index < -0.39 is 5.60 Å². The molecular weight excluding hydrogens is 216 g/mol. The molecule has 1 atom stereocenters. The van der Waals surface area contributed by atoms with Crippen LogP contribution in [0.2, 0.25) is 0 Å². The molecule has 0 amide bonds. The average molecular weight is 234 g/mol. The van der Waals surface area contributed by atoms with E-state index in [-0.39, 0.29) is 5.78 Å². The van der Waals surface area contributed by atoms with E-state index in [1.54, 1.807) is 12.3 Å². The summed E-state index contributed by atoms with van der Waals surface area (Å²) in [5, 5.41) is 0. The van der Waals surface area contributed by atoms with Gasteiger partial charge in [0.15, 0.2) is 5.78 Å². The Hall–Kier alpha value is -1.42. The molecule has 4 nitrogen and oxygen atoms in total. The highest BCUT2D eigenvalue weighted by Gasteiger charge is 2.35. The van der Waals surface area contributed by atoms with E-state index in [4.69, 9.17) is 10.5 Å². The molecule has 2 rings (SSSR count). The van der Waals surface area contributed by atoms with Gasteiger partial charge in [0, 0.05) is 24.8 Å². The molecule has 2 N–H and O–H groups in total. The monoisotopic (exact) mass is 234 g/mol. The predicted octanol–water partition coefficient (Wildman–Crippen LogP) is 1.73. The maximum atomic E-state index is 12.2. The van der Waals surface area contributed by atoms with Crippen molar-refractivity contribution in [1.82, 2.24) is 4.98 Å². The van der Waals surface area contributed by atoms with Crippen molar-refractivity contribution in [1.29, 1.82) is 0 Å². The number of nitrogens with two attached hydrogens (primary N) is 1. The van der Waals surface area contributed by atoms with Gasteiger partial charge in [0.25, 0.3) is 0 Å². The number of ketones is 1. The van der Waals surface area contributed by atoms with E-state index in [1.807, 2.05) is 13.0 Å². The SMILES string of the molecule is CC1(C(=O)Cc2cccnc2N)CCCCO1. The van der Waals surface area contributed by atoms with Crippen LogP contribution in [0.25, 0.3) is 0 Å². The molecule has 0 radical (unpaired) electrons. The second-order valence-corrected chi connectivity index (χ2v) is 4.68. The summed E-state index contributed by atoms with van der Waals surface area (Å²) in [5.41, 5.74) is 5.88. The second-order valence-electron chi connectivity index (χ2n) is 4.68. The highest BCUT2D eigenvalue weighted by Crippen LogP contribution is 2.27. The van der Waals surface area contributed by atoms with E-state index >= 15 is 0 Å². The number of hydrogen-bond acceptors (Lipinski definition) is 4. The van der Waals surface area contributed by atoms with Gasteiger partial charge in [-0.25, -0.2) is 4.98 Å². The summed E-state index contributed by atoms with van der Waals surface area (Å²) in [6.45, 7) is 2.55. The van der Waals surface area contributed by atoms with Gasteiger partial charge in [0.05, 0.1) is 0 Å². The van der Waals surface area contributed by atoms with Gasteiger partial charge in [0.2, 0.25) is 0 Å². The summed E-state index contributed by atoms with van der Waals surface area (Å²) < 4.78 is 5.63. The van der Waals surface area contributed by atoms with Crippen molar-refractivity contribution < 1.29 is 9.53 Å². The Morgan fingerprint density at radius 1 is 1.59 bits per heavy atom. The topological polar surface area (TPSA) is 65.2 Å². The van der Waals surface area contributed by atoms with Crippen LogP contribution in [0.15, 0.2) is 18.3 Å². The maximum absolute atomic E-state index is 12.2. The molecule has 92 valence electrons. The predicted molar refractivity (Wildman–Crippen MR) is 65.6 cm³/mol. The van der Waals surface area contributed by atoms with Gasteiger partial charge in [0.1, 0.15) is 11.4 Å². The van der Waals surface area contributed by atoms with Crippen LogP contribution in [-0.2, 0) is 16.0 Å². The molecule has 1 aromatic heterocycles. The third kappa shape index (κ3) is 2.64. The first-order valence-corrected chi connectivity index (χ1v) is 5.98. The normalized spacial score (nSPS) is 24.5. The quantitative estimate of drug-likeness (QED) is 0.865. The van der Waals surface area contributed by atoms with Gasteiger partial charge in [-0.3, -0.25) is 4.79 Å². The summed E-state index contributed by atoms with van der Waals surface area (Å²) in [4.78, 5) is 16.2. The molecule has 4 heteroatoms. The van der Waals surface area contributed by atoms with Crippen molar-refractivity contribution in [2.75, 3.05) is 12.3 Å². The van der Waals surface area contributed by atoms with Crippen LogP contribution in [-0.4, -0.2) is 23.0 Å². The van der Waals surface area contributed by atoms with Crippen molar-refractivity contribution in [3.05, 3.63) is 23.9 Å². The van der Waals surface area contributed by atoms with E-state index in [9.17, 15) is 4.79 Å². The second kappa shape index (κ2) is 4.84. The lowest BCUT2D eigenvalue weighted by Gasteiger charge is -2.32. The number of pyridine rings is 1. The minimum atomic E-state index is -0.638. The van der Waals surface area contributed by atoms with Crippen LogP contribution in [0.1, 0.15) is 31.7 Å². The largest absolute Gasteiger partial charge is 0.383 e. The molecule has 1 saturated heterocycles. The first-order chi connectivity index (χ1) is 8.12. The highest BCUT2D eigenvalue weighted by molar-refractivity contribution is 5.89. The molecule has 0 spiro atoms. The average Bonchev–Trinajstić information content (AvgIpc) is 2.33. The van der Waals surface area contributed by atoms with E-state index in [1.165, 1.54) is 0 Å². The molecule has 1 aromatic rings. The zero-order valence-electron chi connectivity index (χ0n) is 10.1. The fourth-order valence-corrected chi connectivity index (χ4v) is 2.11. The van der Waals surface area contributed by atoms with E-state index in [2.05, 4.69) is 4.98 Å². The number of aromatic nitrogens is 1. The zero-order chi connectivity index (χ0) is 12.3. The van der Waals surface area contributed by atoms with Crippen LogP contribution in [0.5, 0.6) is 0 Å². The standard InChI is InChI=1S/C13H18N2O2/c1-13(6-2-3-8-17-13)11(16)9-10-5-4-7-15-12(10)14/h4-5,7H,2-3,6,8-9H2,1H3,(H2,14,15). The number of ether oxygens (including phenoxy) is 1. The van der Waals surface area contributed by atoms with Gasteiger partial charge >= 0.3 is 0 Å². The van der Waals surface area contributed by atoms with Gasteiger partial charge in [-0.2, -0.15) is 0 Å². The van der Waals surface area contributed by atoms with Crippen molar-refractivity contribution in [2.45, 2.75) is 38.2 Å². The van der Waals surface area contributed by atoms with Crippen LogP contribution >= 0.6 is 0 Å². The summed E-state index contributed by atoms with van der Waals surface area (Å²) >= 11 is 0. The number of Topliss-reactive ketones (excluding diaryl/α,β-unsaturated/α-hetero) is 1. The van der Waals surface area contributed by atoms with Gasteiger partial charge in [-0.05, 0) is 32.3 Å². The Morgan fingerprint density at radius 3 is 3.06 bits per heavy atom. The zero-order valence-corrected chi connectivity index (χ0v) is 10.1. The number of carbonyl (C=O) groups is 1. The third-order valence-electron chi connectivity index (χ3n) is 3.34. The Bertz CT molecular complexity index is 412. The van der Waals surface area contributed by atoms with Gasteiger partial charge in [-0.1, -0.05) is 6.07 Å². The molecule has 1 fully saturated rings. The minimum Gasteiger partial charge on any atom is -0.383 e. The Labute approximate surface area is 101 Å². The molecule has 1 unspecified atom stereocenters. The molecule has 0 saturated carbocycles. The molecule has 0 aromatic carbocycles. The van der Waals surface area contributed by atoms with Crippen molar-refractivity contribution in [3.63, 3.8) is 0 Å². The molecule has 2 heterocycles. The summed E-state index contributed by atoms with van der Waals surface area (Å²) in [6, 6.07) is 3.63. The van der Waals surface area contributed by atoms with Crippen LogP contribution in [0.3, 0.4) is 0 Å². The number of nitrogen functional groups attached to an aromatic ring is 1. The van der Waals surface area contributed by atoms with Crippen molar-refractivity contribution >= 4 is 11.6 Å². The van der Waals surface area contributed by atoms with E-state index in [0.717, 1.165) is 24.8 Å². The fraction of sp³-hybridized carbons (Fsp3) is 0.538. The lowest BCUT2D eigenvalue weighted by atomic mass is 9.88. The molecule has 0 bridgehead atoms. The van der Waals surface area contributed by atoms with Gasteiger partial charge < -0.3 is 10.5 Å².